The molecule has 0 saturated heterocycles. The van der Waals surface area contributed by atoms with Gasteiger partial charge in [-0.3, -0.25) is 4.68 Å². The van der Waals surface area contributed by atoms with E-state index in [-0.39, 0.29) is 6.03 Å². The summed E-state index contributed by atoms with van der Waals surface area (Å²) in [5.74, 6) is 0.856. The van der Waals surface area contributed by atoms with Gasteiger partial charge in [0, 0.05) is 56.5 Å². The van der Waals surface area contributed by atoms with Crippen LogP contribution in [0.2, 0.25) is 0 Å². The first kappa shape index (κ1) is 15.8. The highest BCUT2D eigenvalue weighted by molar-refractivity contribution is 5.89. The molecule has 0 radical (unpaired) electrons. The minimum atomic E-state index is -0.171. The summed E-state index contributed by atoms with van der Waals surface area (Å²) in [5.41, 5.74) is 2.67. The summed E-state index contributed by atoms with van der Waals surface area (Å²) < 4.78 is 3.66. The zero-order valence-electron chi connectivity index (χ0n) is 14.0. The highest BCUT2D eigenvalue weighted by atomic mass is 16.2. The van der Waals surface area contributed by atoms with Gasteiger partial charge in [-0.05, 0) is 12.1 Å². The molecule has 3 rings (SSSR count). The van der Waals surface area contributed by atoms with E-state index in [4.69, 9.17) is 0 Å². The number of urea groups is 1. The van der Waals surface area contributed by atoms with Crippen LogP contribution in [0.5, 0.6) is 0 Å². The molecule has 2 heterocycles. The number of carbonyl (C=O) groups excluding carboxylic acids is 1. The number of aromatic nitrogens is 4. The van der Waals surface area contributed by atoms with E-state index >= 15 is 0 Å². The summed E-state index contributed by atoms with van der Waals surface area (Å²) in [4.78, 5) is 18.3. The fourth-order valence-electron chi connectivity index (χ4n) is 2.50. The zero-order valence-corrected chi connectivity index (χ0v) is 14.0. The number of imidazole rings is 1. The van der Waals surface area contributed by atoms with Gasteiger partial charge in [0.15, 0.2) is 0 Å². The van der Waals surface area contributed by atoms with E-state index in [1.807, 2.05) is 55.3 Å². The first-order chi connectivity index (χ1) is 11.5. The molecule has 0 aliphatic heterocycles. The number of aryl methyl sites for hydroxylation is 2. The number of carbonyl (C=O) groups is 1. The van der Waals surface area contributed by atoms with Gasteiger partial charge in [-0.25, -0.2) is 9.78 Å². The van der Waals surface area contributed by atoms with Crippen LogP contribution in [0.25, 0.3) is 11.4 Å². The average Bonchev–Trinajstić information content (AvgIpc) is 3.16. The Hall–Kier alpha value is -3.09. The Balaban J connectivity index is 1.69. The summed E-state index contributed by atoms with van der Waals surface area (Å²) >= 11 is 0. The predicted octanol–water partition coefficient (Wildman–Crippen LogP) is 2.48. The first-order valence-corrected chi connectivity index (χ1v) is 7.60. The second-order valence-electron chi connectivity index (χ2n) is 5.75. The van der Waals surface area contributed by atoms with Gasteiger partial charge >= 0.3 is 6.03 Å². The van der Waals surface area contributed by atoms with E-state index in [9.17, 15) is 4.79 Å². The number of hydrogen-bond acceptors (Lipinski definition) is 3. The molecule has 1 aromatic carbocycles. The Morgan fingerprint density at radius 1 is 1.33 bits per heavy atom. The van der Waals surface area contributed by atoms with Crippen LogP contribution in [0.4, 0.5) is 10.5 Å². The molecule has 0 saturated carbocycles. The molecule has 0 unspecified atom stereocenters. The minimum absolute atomic E-state index is 0.171. The van der Waals surface area contributed by atoms with Gasteiger partial charge in [-0.2, -0.15) is 5.10 Å². The summed E-state index contributed by atoms with van der Waals surface area (Å²) in [7, 11) is 5.55. The molecule has 124 valence electrons. The monoisotopic (exact) mass is 324 g/mol. The number of amides is 2. The van der Waals surface area contributed by atoms with Gasteiger partial charge in [0.1, 0.15) is 5.82 Å². The standard InChI is InChI=1S/C17H20N6O/c1-21-8-7-18-16(21)14-5-4-6-15(9-14)20-17(24)22(2)11-13-10-19-23(3)12-13/h4-10,12H,11H2,1-3H3,(H,20,24). The van der Waals surface area contributed by atoms with Crippen molar-refractivity contribution >= 4 is 11.7 Å². The van der Waals surface area contributed by atoms with Gasteiger partial charge in [0.25, 0.3) is 0 Å². The lowest BCUT2D eigenvalue weighted by Gasteiger charge is -2.17. The third kappa shape index (κ3) is 3.45. The molecular formula is C17H20N6O. The van der Waals surface area contributed by atoms with Crippen molar-refractivity contribution in [3.63, 3.8) is 0 Å². The molecule has 0 atom stereocenters. The fraction of sp³-hybridized carbons (Fsp3) is 0.235. The van der Waals surface area contributed by atoms with Gasteiger partial charge in [0.2, 0.25) is 0 Å². The number of nitrogens with one attached hydrogen (secondary N) is 1. The van der Waals surface area contributed by atoms with E-state index in [2.05, 4.69) is 15.4 Å². The lowest BCUT2D eigenvalue weighted by Crippen LogP contribution is -2.30. The van der Waals surface area contributed by atoms with Gasteiger partial charge in [0.05, 0.1) is 12.7 Å². The molecule has 3 aromatic rings. The molecule has 0 aliphatic carbocycles. The molecular weight excluding hydrogens is 304 g/mol. The van der Waals surface area contributed by atoms with E-state index in [1.54, 1.807) is 29.0 Å². The van der Waals surface area contributed by atoms with Gasteiger partial charge in [-0.15, -0.1) is 0 Å². The fourth-order valence-corrected chi connectivity index (χ4v) is 2.50. The molecule has 0 fully saturated rings. The Labute approximate surface area is 140 Å². The summed E-state index contributed by atoms with van der Waals surface area (Å²) in [5, 5.41) is 7.02. The first-order valence-electron chi connectivity index (χ1n) is 7.60. The van der Waals surface area contributed by atoms with Crippen molar-refractivity contribution in [2.24, 2.45) is 14.1 Å². The van der Waals surface area contributed by atoms with Crippen molar-refractivity contribution in [3.05, 3.63) is 54.6 Å². The van der Waals surface area contributed by atoms with Gasteiger partial charge in [-0.1, -0.05) is 12.1 Å². The molecule has 0 aliphatic rings. The van der Waals surface area contributed by atoms with E-state index in [1.165, 1.54) is 0 Å². The molecule has 2 amide bonds. The van der Waals surface area contributed by atoms with Crippen LogP contribution in [-0.2, 0) is 20.6 Å². The Kier molecular flexibility index (Phi) is 4.33. The van der Waals surface area contributed by atoms with Crippen LogP contribution in [-0.4, -0.2) is 37.3 Å². The van der Waals surface area contributed by atoms with Crippen LogP contribution < -0.4 is 5.32 Å². The number of rotatable bonds is 4. The highest BCUT2D eigenvalue weighted by Crippen LogP contribution is 2.21. The van der Waals surface area contributed by atoms with Crippen LogP contribution in [0.3, 0.4) is 0 Å². The van der Waals surface area contributed by atoms with Crippen molar-refractivity contribution in [2.45, 2.75) is 6.54 Å². The van der Waals surface area contributed by atoms with Crippen molar-refractivity contribution < 1.29 is 4.79 Å². The number of anilines is 1. The molecule has 7 nitrogen and oxygen atoms in total. The second-order valence-corrected chi connectivity index (χ2v) is 5.75. The average molecular weight is 324 g/mol. The summed E-state index contributed by atoms with van der Waals surface area (Å²) in [6, 6.07) is 7.48. The Bertz CT molecular complexity index is 850. The quantitative estimate of drug-likeness (QED) is 0.801. The normalized spacial score (nSPS) is 10.6. The van der Waals surface area contributed by atoms with Gasteiger partial charge < -0.3 is 14.8 Å². The van der Waals surface area contributed by atoms with Crippen molar-refractivity contribution in [1.82, 2.24) is 24.2 Å². The topological polar surface area (TPSA) is 68.0 Å². The molecule has 7 heteroatoms. The SMILES string of the molecule is CN(Cc1cnn(C)c1)C(=O)Nc1cccc(-c2nccn2C)c1. The lowest BCUT2D eigenvalue weighted by molar-refractivity contribution is 0.220. The van der Waals surface area contributed by atoms with E-state index in [0.717, 1.165) is 22.6 Å². The lowest BCUT2D eigenvalue weighted by atomic mass is 10.2. The minimum Gasteiger partial charge on any atom is -0.334 e. The van der Waals surface area contributed by atoms with Crippen molar-refractivity contribution in [1.29, 1.82) is 0 Å². The molecule has 24 heavy (non-hydrogen) atoms. The summed E-state index contributed by atoms with van der Waals surface area (Å²) in [6.07, 6.45) is 7.29. The van der Waals surface area contributed by atoms with Crippen LogP contribution in [0.1, 0.15) is 5.56 Å². The molecule has 0 bridgehead atoms. The maximum absolute atomic E-state index is 12.4. The zero-order chi connectivity index (χ0) is 17.1. The van der Waals surface area contributed by atoms with E-state index in [0.29, 0.717) is 6.54 Å². The summed E-state index contributed by atoms with van der Waals surface area (Å²) in [6.45, 7) is 0.499. The molecule has 1 N–H and O–H groups in total. The largest absolute Gasteiger partial charge is 0.334 e. The third-order valence-electron chi connectivity index (χ3n) is 3.72. The number of nitrogens with zero attached hydrogens (tertiary/aromatic N) is 5. The third-order valence-corrected chi connectivity index (χ3v) is 3.72. The van der Waals surface area contributed by atoms with Crippen LogP contribution in [0.15, 0.2) is 49.1 Å². The maximum Gasteiger partial charge on any atom is 0.321 e. The van der Waals surface area contributed by atoms with Crippen molar-refractivity contribution in [3.8, 4) is 11.4 Å². The number of hydrogen-bond donors (Lipinski definition) is 1. The molecule has 2 aromatic heterocycles. The molecule has 0 spiro atoms. The Morgan fingerprint density at radius 2 is 2.17 bits per heavy atom. The smallest absolute Gasteiger partial charge is 0.321 e. The van der Waals surface area contributed by atoms with Crippen LogP contribution in [0, 0.1) is 0 Å². The Morgan fingerprint density at radius 3 is 2.83 bits per heavy atom. The maximum atomic E-state index is 12.4. The predicted molar refractivity (Wildman–Crippen MR) is 92.3 cm³/mol. The van der Waals surface area contributed by atoms with E-state index < -0.39 is 0 Å². The van der Waals surface area contributed by atoms with Crippen molar-refractivity contribution in [2.75, 3.05) is 12.4 Å². The van der Waals surface area contributed by atoms with Crippen LogP contribution >= 0.6 is 0 Å². The highest BCUT2D eigenvalue weighted by Gasteiger charge is 2.11. The number of benzene rings is 1. The second kappa shape index (κ2) is 6.57.